The summed E-state index contributed by atoms with van der Waals surface area (Å²) in [6, 6.07) is 0. The zero-order chi connectivity index (χ0) is 13.5. The fraction of sp³-hybridized carbons (Fsp3) is 0.727. The number of amides is 2. The number of methoxy groups -OCH3 is 1. The molecule has 102 valence electrons. The summed E-state index contributed by atoms with van der Waals surface area (Å²) >= 11 is 0. The second kappa shape index (κ2) is 7.07. The highest BCUT2D eigenvalue weighted by Crippen LogP contribution is 2.13. The first-order valence-electron chi connectivity index (χ1n) is 5.70. The van der Waals surface area contributed by atoms with Crippen molar-refractivity contribution in [2.75, 3.05) is 26.9 Å². The van der Waals surface area contributed by atoms with Crippen LogP contribution in [0.15, 0.2) is 0 Å². The van der Waals surface area contributed by atoms with Gasteiger partial charge >= 0.3 is 5.97 Å². The second-order valence-electron chi connectivity index (χ2n) is 3.96. The third-order valence-electron chi connectivity index (χ3n) is 2.39. The summed E-state index contributed by atoms with van der Waals surface area (Å²) in [6.07, 6.45) is 0.176. The van der Waals surface area contributed by atoms with Crippen molar-refractivity contribution in [1.29, 1.82) is 0 Å². The number of carbonyl (C=O) groups is 3. The second-order valence-corrected chi connectivity index (χ2v) is 3.96. The summed E-state index contributed by atoms with van der Waals surface area (Å²) in [5, 5.41) is 0.536. The molecule has 1 fully saturated rings. The van der Waals surface area contributed by atoms with Gasteiger partial charge in [0.15, 0.2) is 0 Å². The fourth-order valence-electron chi connectivity index (χ4n) is 1.31. The van der Waals surface area contributed by atoms with E-state index in [2.05, 4.69) is 0 Å². The molecule has 0 N–H and O–H groups in total. The predicted molar refractivity (Wildman–Crippen MR) is 59.0 cm³/mol. The van der Waals surface area contributed by atoms with Gasteiger partial charge < -0.3 is 14.3 Å². The van der Waals surface area contributed by atoms with Gasteiger partial charge in [0.25, 0.3) is 11.8 Å². The highest BCUT2D eigenvalue weighted by atomic mass is 16.7. The van der Waals surface area contributed by atoms with Gasteiger partial charge in [-0.2, -0.15) is 0 Å². The molecule has 7 heteroatoms. The molecule has 0 aromatic heterocycles. The molecule has 7 nitrogen and oxygen atoms in total. The minimum atomic E-state index is -0.656. The van der Waals surface area contributed by atoms with E-state index in [4.69, 9.17) is 14.3 Å². The van der Waals surface area contributed by atoms with Crippen LogP contribution in [0.5, 0.6) is 0 Å². The SMILES string of the molecule is COCCOCC(C)C(=O)ON1C(=O)CCC1=O. The van der Waals surface area contributed by atoms with E-state index in [-0.39, 0.29) is 19.4 Å². The van der Waals surface area contributed by atoms with Gasteiger partial charge in [0, 0.05) is 20.0 Å². The lowest BCUT2D eigenvalue weighted by Crippen LogP contribution is -2.35. The first-order valence-corrected chi connectivity index (χ1v) is 5.70. The van der Waals surface area contributed by atoms with Crippen LogP contribution in [-0.2, 0) is 28.7 Å². The quantitative estimate of drug-likeness (QED) is 0.469. The van der Waals surface area contributed by atoms with Crippen molar-refractivity contribution in [3.8, 4) is 0 Å². The van der Waals surface area contributed by atoms with Crippen molar-refractivity contribution in [3.63, 3.8) is 0 Å². The molecule has 1 heterocycles. The highest BCUT2D eigenvalue weighted by molar-refractivity contribution is 6.01. The van der Waals surface area contributed by atoms with Gasteiger partial charge in [-0.25, -0.2) is 4.79 Å². The van der Waals surface area contributed by atoms with Crippen LogP contribution in [-0.4, -0.2) is 49.8 Å². The Bertz CT molecular complexity index is 313. The molecule has 0 radical (unpaired) electrons. The van der Waals surface area contributed by atoms with Crippen molar-refractivity contribution >= 4 is 17.8 Å². The van der Waals surface area contributed by atoms with E-state index in [0.29, 0.717) is 18.3 Å². The highest BCUT2D eigenvalue weighted by Gasteiger charge is 2.33. The monoisotopic (exact) mass is 259 g/mol. The number of carbonyl (C=O) groups excluding carboxylic acids is 3. The van der Waals surface area contributed by atoms with E-state index < -0.39 is 23.7 Å². The Morgan fingerprint density at radius 2 is 1.89 bits per heavy atom. The number of rotatable bonds is 7. The molecule has 0 aromatic rings. The Balaban J connectivity index is 2.31. The number of ether oxygens (including phenoxy) is 2. The Kier molecular flexibility index (Phi) is 5.73. The van der Waals surface area contributed by atoms with Crippen LogP contribution in [0, 0.1) is 5.92 Å². The summed E-state index contributed by atoms with van der Waals surface area (Å²) in [5.41, 5.74) is 0. The molecular weight excluding hydrogens is 242 g/mol. The molecule has 0 bridgehead atoms. The van der Waals surface area contributed by atoms with Crippen LogP contribution >= 0.6 is 0 Å². The van der Waals surface area contributed by atoms with Gasteiger partial charge in [-0.3, -0.25) is 9.59 Å². The molecule has 0 saturated carbocycles. The minimum absolute atomic E-state index is 0.0881. The summed E-state index contributed by atoms with van der Waals surface area (Å²) in [4.78, 5) is 38.8. The first kappa shape index (κ1) is 14.6. The maximum atomic E-state index is 11.6. The molecule has 1 rings (SSSR count). The van der Waals surface area contributed by atoms with Gasteiger partial charge in [-0.15, -0.1) is 5.06 Å². The molecular formula is C11H17NO6. The van der Waals surface area contributed by atoms with Crippen molar-refractivity contribution in [2.45, 2.75) is 19.8 Å². The van der Waals surface area contributed by atoms with Crippen LogP contribution in [0.2, 0.25) is 0 Å². The number of hydrogen-bond donors (Lipinski definition) is 0. The van der Waals surface area contributed by atoms with Crippen LogP contribution in [0.1, 0.15) is 19.8 Å². The molecule has 18 heavy (non-hydrogen) atoms. The normalized spacial score (nSPS) is 17.1. The van der Waals surface area contributed by atoms with Crippen molar-refractivity contribution in [3.05, 3.63) is 0 Å². The van der Waals surface area contributed by atoms with Gasteiger partial charge in [-0.1, -0.05) is 0 Å². The average Bonchev–Trinajstić information content (AvgIpc) is 2.66. The third kappa shape index (κ3) is 4.08. The molecule has 0 aromatic carbocycles. The zero-order valence-corrected chi connectivity index (χ0v) is 10.5. The predicted octanol–water partition coefficient (Wildman–Crippen LogP) is -0.107. The molecule has 1 atom stereocenters. The smallest absolute Gasteiger partial charge is 0.338 e. The largest absolute Gasteiger partial charge is 0.382 e. The molecule has 0 spiro atoms. The molecule has 1 unspecified atom stereocenters. The van der Waals surface area contributed by atoms with Gasteiger partial charge in [-0.05, 0) is 6.92 Å². The van der Waals surface area contributed by atoms with Gasteiger partial charge in [0.05, 0.1) is 25.7 Å². The molecule has 1 aliphatic rings. The Morgan fingerprint density at radius 3 is 2.44 bits per heavy atom. The lowest BCUT2D eigenvalue weighted by atomic mass is 10.2. The average molecular weight is 259 g/mol. The van der Waals surface area contributed by atoms with E-state index in [1.165, 1.54) is 0 Å². The van der Waals surface area contributed by atoms with E-state index in [1.807, 2.05) is 0 Å². The lowest BCUT2D eigenvalue weighted by molar-refractivity contribution is -0.201. The topological polar surface area (TPSA) is 82.1 Å². The van der Waals surface area contributed by atoms with Crippen LogP contribution in [0.3, 0.4) is 0 Å². The van der Waals surface area contributed by atoms with Gasteiger partial charge in [0.2, 0.25) is 0 Å². The van der Waals surface area contributed by atoms with Crippen LogP contribution < -0.4 is 0 Å². The number of imide groups is 1. The maximum Gasteiger partial charge on any atom is 0.338 e. The first-order chi connectivity index (χ1) is 8.56. The van der Waals surface area contributed by atoms with E-state index in [1.54, 1.807) is 14.0 Å². The number of nitrogens with zero attached hydrogens (tertiary/aromatic N) is 1. The number of hydroxylamine groups is 2. The summed E-state index contributed by atoms with van der Waals surface area (Å²) in [6.45, 7) is 2.55. The van der Waals surface area contributed by atoms with Crippen molar-refractivity contribution in [1.82, 2.24) is 5.06 Å². The van der Waals surface area contributed by atoms with E-state index in [0.717, 1.165) is 0 Å². The van der Waals surface area contributed by atoms with Crippen molar-refractivity contribution < 1.29 is 28.7 Å². The maximum absolute atomic E-state index is 11.6. The lowest BCUT2D eigenvalue weighted by Gasteiger charge is -2.16. The fourth-order valence-corrected chi connectivity index (χ4v) is 1.31. The van der Waals surface area contributed by atoms with E-state index in [9.17, 15) is 14.4 Å². The zero-order valence-electron chi connectivity index (χ0n) is 10.5. The minimum Gasteiger partial charge on any atom is -0.382 e. The Labute approximate surface area is 105 Å². The summed E-state index contributed by atoms with van der Waals surface area (Å²) < 4.78 is 9.94. The van der Waals surface area contributed by atoms with Crippen LogP contribution in [0.25, 0.3) is 0 Å². The Morgan fingerprint density at radius 1 is 1.28 bits per heavy atom. The van der Waals surface area contributed by atoms with Crippen molar-refractivity contribution in [2.24, 2.45) is 5.92 Å². The summed E-state index contributed by atoms with van der Waals surface area (Å²) in [7, 11) is 1.55. The van der Waals surface area contributed by atoms with Gasteiger partial charge in [0.1, 0.15) is 0 Å². The van der Waals surface area contributed by atoms with E-state index >= 15 is 0 Å². The third-order valence-corrected chi connectivity index (χ3v) is 2.39. The Hall–Kier alpha value is -1.47. The molecule has 1 aliphatic heterocycles. The molecule has 0 aliphatic carbocycles. The summed E-state index contributed by atoms with van der Waals surface area (Å²) in [5.74, 6) is -2.18. The van der Waals surface area contributed by atoms with Crippen LogP contribution in [0.4, 0.5) is 0 Å². The number of hydrogen-bond acceptors (Lipinski definition) is 6. The molecule has 1 saturated heterocycles. The standard InChI is InChI=1S/C11H17NO6/c1-8(7-17-6-5-16-2)11(15)18-12-9(13)3-4-10(12)14/h8H,3-7H2,1-2H3. The molecule has 2 amide bonds.